The lowest BCUT2D eigenvalue weighted by Gasteiger charge is -2.18. The summed E-state index contributed by atoms with van der Waals surface area (Å²) in [6, 6.07) is 4.78. The van der Waals surface area contributed by atoms with Crippen LogP contribution in [-0.2, 0) is 0 Å². The van der Waals surface area contributed by atoms with Crippen LogP contribution in [0.2, 0.25) is 0 Å². The smallest absolute Gasteiger partial charge is 0.129 e. The van der Waals surface area contributed by atoms with Crippen molar-refractivity contribution in [2.45, 2.75) is 26.7 Å². The van der Waals surface area contributed by atoms with Crippen molar-refractivity contribution >= 4 is 5.69 Å². The first-order valence-electron chi connectivity index (χ1n) is 5.91. The van der Waals surface area contributed by atoms with Gasteiger partial charge < -0.3 is 11.1 Å². The Kier molecular flexibility index (Phi) is 7.22. The zero-order chi connectivity index (χ0) is 13.4. The van der Waals surface area contributed by atoms with E-state index >= 15 is 0 Å². The minimum absolute atomic E-state index is 0.00407. The Morgan fingerprint density at radius 2 is 2.06 bits per heavy atom. The van der Waals surface area contributed by atoms with Gasteiger partial charge in [-0.15, -0.1) is 0 Å². The first-order chi connectivity index (χ1) is 8.06. The Morgan fingerprint density at radius 1 is 1.47 bits per heavy atom. The molecule has 17 heavy (non-hydrogen) atoms. The molecule has 1 unspecified atom stereocenters. The van der Waals surface area contributed by atoms with E-state index in [-0.39, 0.29) is 11.7 Å². The van der Waals surface area contributed by atoms with Crippen molar-refractivity contribution < 1.29 is 4.39 Å². The van der Waals surface area contributed by atoms with Crippen LogP contribution in [0, 0.1) is 5.82 Å². The molecule has 0 saturated carbocycles. The van der Waals surface area contributed by atoms with E-state index < -0.39 is 0 Å². The van der Waals surface area contributed by atoms with Gasteiger partial charge in [-0.2, -0.15) is 0 Å². The molecule has 96 valence electrons. The molecule has 1 rings (SSSR count). The number of anilines is 1. The Labute approximate surface area is 104 Å². The van der Waals surface area contributed by atoms with Crippen LogP contribution < -0.4 is 11.1 Å². The lowest BCUT2D eigenvalue weighted by molar-refractivity contribution is 0.585. The third-order valence-electron chi connectivity index (χ3n) is 2.40. The number of hydrogen-bond donors (Lipinski definition) is 2. The highest BCUT2D eigenvalue weighted by atomic mass is 19.1. The minimum Gasteiger partial charge on any atom is -0.399 e. The monoisotopic (exact) mass is 238 g/mol. The summed E-state index contributed by atoms with van der Waals surface area (Å²) in [7, 11) is 1.84. The van der Waals surface area contributed by atoms with Gasteiger partial charge in [0.25, 0.3) is 0 Å². The standard InChI is InChI=1S/C12H17FN2.C2H6/c1-8(2)11(7-15-3)10-5-4-9(14)6-12(10)13;1-2/h4-6,11,15H,1,7,14H2,2-3H3;1-2H3. The molecule has 3 heteroatoms. The average Bonchev–Trinajstić information content (AvgIpc) is 2.29. The molecular formula is C14H23FN2. The highest BCUT2D eigenvalue weighted by molar-refractivity contribution is 5.43. The number of nitrogens with one attached hydrogen (secondary N) is 1. The van der Waals surface area contributed by atoms with Gasteiger partial charge in [0.1, 0.15) is 5.82 Å². The molecule has 0 spiro atoms. The third kappa shape index (κ3) is 4.57. The van der Waals surface area contributed by atoms with Crippen LogP contribution in [0.3, 0.4) is 0 Å². The summed E-state index contributed by atoms with van der Waals surface area (Å²) < 4.78 is 13.6. The van der Waals surface area contributed by atoms with Gasteiger partial charge in [0.2, 0.25) is 0 Å². The molecule has 0 aliphatic rings. The summed E-state index contributed by atoms with van der Waals surface area (Å²) in [5.41, 5.74) is 7.53. The molecule has 0 aliphatic carbocycles. The maximum atomic E-state index is 13.6. The van der Waals surface area contributed by atoms with Crippen molar-refractivity contribution in [2.24, 2.45) is 0 Å². The first-order valence-corrected chi connectivity index (χ1v) is 5.91. The van der Waals surface area contributed by atoms with Crippen molar-refractivity contribution in [3.05, 3.63) is 41.7 Å². The molecule has 0 amide bonds. The third-order valence-corrected chi connectivity index (χ3v) is 2.40. The molecule has 0 aliphatic heterocycles. The van der Waals surface area contributed by atoms with E-state index in [9.17, 15) is 4.39 Å². The van der Waals surface area contributed by atoms with Gasteiger partial charge >= 0.3 is 0 Å². The molecule has 0 saturated heterocycles. The fourth-order valence-corrected chi connectivity index (χ4v) is 1.58. The number of nitrogens with two attached hydrogens (primary N) is 1. The number of halogens is 1. The number of rotatable bonds is 4. The summed E-state index contributed by atoms with van der Waals surface area (Å²) in [4.78, 5) is 0. The largest absolute Gasteiger partial charge is 0.399 e. The quantitative estimate of drug-likeness (QED) is 0.624. The zero-order valence-electron chi connectivity index (χ0n) is 11.2. The molecule has 1 aromatic rings. The lowest BCUT2D eigenvalue weighted by Crippen LogP contribution is -2.19. The van der Waals surface area contributed by atoms with Crippen LogP contribution in [0.1, 0.15) is 32.3 Å². The van der Waals surface area contributed by atoms with E-state index in [4.69, 9.17) is 5.73 Å². The van der Waals surface area contributed by atoms with Crippen molar-refractivity contribution in [1.82, 2.24) is 5.32 Å². The number of benzene rings is 1. The maximum Gasteiger partial charge on any atom is 0.129 e. The number of nitrogen functional groups attached to an aromatic ring is 1. The van der Waals surface area contributed by atoms with Crippen LogP contribution >= 0.6 is 0 Å². The van der Waals surface area contributed by atoms with E-state index in [1.54, 1.807) is 12.1 Å². The van der Waals surface area contributed by atoms with E-state index in [1.165, 1.54) is 6.07 Å². The van der Waals surface area contributed by atoms with E-state index in [1.807, 2.05) is 27.8 Å². The Morgan fingerprint density at radius 3 is 2.47 bits per heavy atom. The fraction of sp³-hybridized carbons (Fsp3) is 0.429. The van der Waals surface area contributed by atoms with Crippen LogP contribution in [0.4, 0.5) is 10.1 Å². The highest BCUT2D eigenvalue weighted by Gasteiger charge is 2.15. The number of likely N-dealkylation sites (N-methyl/N-ethyl adjacent to an activating group) is 1. The van der Waals surface area contributed by atoms with Gasteiger partial charge in [0.15, 0.2) is 0 Å². The van der Waals surface area contributed by atoms with Gasteiger partial charge in [-0.1, -0.05) is 32.1 Å². The summed E-state index contributed by atoms with van der Waals surface area (Å²) in [6.45, 7) is 10.5. The summed E-state index contributed by atoms with van der Waals surface area (Å²) in [5.74, 6) is -0.270. The molecule has 0 aromatic heterocycles. The number of hydrogen-bond acceptors (Lipinski definition) is 2. The van der Waals surface area contributed by atoms with Crippen LogP contribution in [0.25, 0.3) is 0 Å². The second kappa shape index (κ2) is 7.85. The second-order valence-electron chi connectivity index (χ2n) is 3.74. The van der Waals surface area contributed by atoms with E-state index in [0.29, 0.717) is 17.8 Å². The summed E-state index contributed by atoms with van der Waals surface area (Å²) in [5, 5.41) is 3.03. The second-order valence-corrected chi connectivity index (χ2v) is 3.74. The zero-order valence-corrected chi connectivity index (χ0v) is 11.2. The highest BCUT2D eigenvalue weighted by Crippen LogP contribution is 2.25. The molecule has 0 radical (unpaired) electrons. The molecule has 3 N–H and O–H groups in total. The van der Waals surface area contributed by atoms with Crippen LogP contribution in [0.15, 0.2) is 30.4 Å². The normalized spacial score (nSPS) is 11.4. The van der Waals surface area contributed by atoms with Gasteiger partial charge in [0.05, 0.1) is 0 Å². The summed E-state index contributed by atoms with van der Waals surface area (Å²) in [6.07, 6.45) is 0. The van der Waals surface area contributed by atoms with Gasteiger partial charge in [0, 0.05) is 18.2 Å². The molecule has 0 fully saturated rings. The lowest BCUT2D eigenvalue weighted by atomic mass is 9.92. The van der Waals surface area contributed by atoms with Crippen molar-refractivity contribution in [1.29, 1.82) is 0 Å². The topological polar surface area (TPSA) is 38.0 Å². The average molecular weight is 238 g/mol. The molecule has 0 heterocycles. The predicted octanol–water partition coefficient (Wildman–Crippen LogP) is 3.31. The Balaban J connectivity index is 0.00000121. The molecule has 2 nitrogen and oxygen atoms in total. The van der Waals surface area contributed by atoms with Crippen molar-refractivity contribution in [3.8, 4) is 0 Å². The van der Waals surface area contributed by atoms with Crippen LogP contribution in [-0.4, -0.2) is 13.6 Å². The first kappa shape index (κ1) is 15.7. The van der Waals surface area contributed by atoms with Gasteiger partial charge in [-0.25, -0.2) is 4.39 Å². The van der Waals surface area contributed by atoms with E-state index in [0.717, 1.165) is 5.57 Å². The minimum atomic E-state index is -0.266. The Hall–Kier alpha value is -1.35. The van der Waals surface area contributed by atoms with Crippen molar-refractivity contribution in [2.75, 3.05) is 19.3 Å². The fourth-order valence-electron chi connectivity index (χ4n) is 1.58. The molecule has 0 bridgehead atoms. The van der Waals surface area contributed by atoms with Gasteiger partial charge in [-0.3, -0.25) is 0 Å². The summed E-state index contributed by atoms with van der Waals surface area (Å²) >= 11 is 0. The van der Waals surface area contributed by atoms with Gasteiger partial charge in [-0.05, 0) is 31.7 Å². The van der Waals surface area contributed by atoms with E-state index in [2.05, 4.69) is 11.9 Å². The maximum absolute atomic E-state index is 13.6. The van der Waals surface area contributed by atoms with Crippen LogP contribution in [0.5, 0.6) is 0 Å². The molecule has 1 atom stereocenters. The molecule has 1 aromatic carbocycles. The molecular weight excluding hydrogens is 215 g/mol. The predicted molar refractivity (Wildman–Crippen MR) is 73.6 cm³/mol. The SMILES string of the molecule is C=C(C)C(CNC)c1ccc(N)cc1F.CC. The van der Waals surface area contributed by atoms with Crippen molar-refractivity contribution in [3.63, 3.8) is 0 Å². The Bertz CT molecular complexity index is 361.